The van der Waals surface area contributed by atoms with Crippen LogP contribution in [0.3, 0.4) is 0 Å². The molecule has 0 radical (unpaired) electrons. The minimum Gasteiger partial charge on any atom is -0.497 e. The van der Waals surface area contributed by atoms with Crippen LogP contribution < -0.4 is 24.8 Å². The van der Waals surface area contributed by atoms with Gasteiger partial charge < -0.3 is 24.8 Å². The molecule has 1 aliphatic heterocycles. The molecule has 2 N–H and O–H groups in total. The first-order valence-corrected chi connectivity index (χ1v) is 8.17. The zero-order valence-electron chi connectivity index (χ0n) is 13.7. The second-order valence-electron chi connectivity index (χ2n) is 5.45. The van der Waals surface area contributed by atoms with Gasteiger partial charge in [0.2, 0.25) is 0 Å². The Bertz CT molecular complexity index is 719. The fourth-order valence-electron chi connectivity index (χ4n) is 2.45. The number of anilines is 1. The van der Waals surface area contributed by atoms with Crippen molar-refractivity contribution in [3.8, 4) is 17.2 Å². The van der Waals surface area contributed by atoms with Crippen molar-refractivity contribution in [2.24, 2.45) is 0 Å². The predicted molar refractivity (Wildman–Crippen MR) is 98.2 cm³/mol. The summed E-state index contributed by atoms with van der Waals surface area (Å²) >= 11 is 5.39. The van der Waals surface area contributed by atoms with Gasteiger partial charge >= 0.3 is 0 Å². The van der Waals surface area contributed by atoms with Crippen molar-refractivity contribution in [3.63, 3.8) is 0 Å². The van der Waals surface area contributed by atoms with E-state index in [9.17, 15) is 0 Å². The first-order chi connectivity index (χ1) is 11.7. The normalized spacial score (nSPS) is 13.8. The van der Waals surface area contributed by atoms with Crippen molar-refractivity contribution in [2.75, 3.05) is 25.6 Å². The molecule has 5 nitrogen and oxygen atoms in total. The second-order valence-corrected chi connectivity index (χ2v) is 5.86. The lowest BCUT2D eigenvalue weighted by Gasteiger charge is -2.22. The lowest BCUT2D eigenvalue weighted by molar-refractivity contribution is 0.171. The van der Waals surface area contributed by atoms with Gasteiger partial charge in [0.05, 0.1) is 13.2 Å². The number of thiocarbonyl (C=S) groups is 1. The zero-order chi connectivity index (χ0) is 16.9. The molecule has 126 valence electrons. The maximum absolute atomic E-state index is 5.62. The molecule has 0 aromatic heterocycles. The number of hydrogen-bond acceptors (Lipinski definition) is 4. The third-order valence-corrected chi connectivity index (χ3v) is 3.98. The van der Waals surface area contributed by atoms with Crippen LogP contribution in [0.5, 0.6) is 17.2 Å². The third kappa shape index (κ3) is 3.89. The van der Waals surface area contributed by atoms with E-state index in [2.05, 4.69) is 10.6 Å². The molecule has 1 atom stereocenters. The molecular formula is C18H20N2O3S. The highest BCUT2D eigenvalue weighted by atomic mass is 32.1. The van der Waals surface area contributed by atoms with Crippen LogP contribution in [0.15, 0.2) is 42.5 Å². The molecule has 6 heteroatoms. The molecule has 3 rings (SSSR count). The van der Waals surface area contributed by atoms with Gasteiger partial charge in [-0.2, -0.15) is 0 Å². The Morgan fingerprint density at radius 3 is 2.50 bits per heavy atom. The molecule has 0 unspecified atom stereocenters. The highest BCUT2D eigenvalue weighted by Crippen LogP contribution is 2.32. The van der Waals surface area contributed by atoms with Gasteiger partial charge in [-0.1, -0.05) is 6.07 Å². The highest BCUT2D eigenvalue weighted by molar-refractivity contribution is 7.80. The van der Waals surface area contributed by atoms with Crippen molar-refractivity contribution in [1.82, 2.24) is 5.32 Å². The Morgan fingerprint density at radius 2 is 1.79 bits per heavy atom. The largest absolute Gasteiger partial charge is 0.497 e. The molecule has 1 heterocycles. The predicted octanol–water partition coefficient (Wildman–Crippen LogP) is 3.51. The number of benzene rings is 2. The summed E-state index contributed by atoms with van der Waals surface area (Å²) in [5.41, 5.74) is 1.99. The zero-order valence-corrected chi connectivity index (χ0v) is 14.5. The molecule has 0 bridgehead atoms. The van der Waals surface area contributed by atoms with Crippen LogP contribution in [0.4, 0.5) is 5.69 Å². The molecule has 0 spiro atoms. The van der Waals surface area contributed by atoms with Crippen LogP contribution in [0, 0.1) is 0 Å². The van der Waals surface area contributed by atoms with Gasteiger partial charge in [-0.05, 0) is 61.1 Å². The van der Waals surface area contributed by atoms with E-state index in [-0.39, 0.29) is 6.04 Å². The Balaban J connectivity index is 1.61. The molecular weight excluding hydrogens is 324 g/mol. The highest BCUT2D eigenvalue weighted by Gasteiger charge is 2.15. The smallest absolute Gasteiger partial charge is 0.171 e. The third-order valence-electron chi connectivity index (χ3n) is 3.76. The molecule has 0 aliphatic carbocycles. The average molecular weight is 344 g/mol. The summed E-state index contributed by atoms with van der Waals surface area (Å²) in [7, 11) is 1.64. The Labute approximate surface area is 146 Å². The maximum atomic E-state index is 5.62. The van der Waals surface area contributed by atoms with Crippen molar-refractivity contribution >= 4 is 23.0 Å². The summed E-state index contributed by atoms with van der Waals surface area (Å²) < 4.78 is 16.3. The van der Waals surface area contributed by atoms with Crippen LogP contribution in [0.25, 0.3) is 0 Å². The SMILES string of the molecule is COc1ccc(NC(=S)N[C@@H](C)c2ccc3c(c2)OCCO3)cc1. The summed E-state index contributed by atoms with van der Waals surface area (Å²) in [6.07, 6.45) is 0. The molecule has 0 saturated heterocycles. The topological polar surface area (TPSA) is 51.8 Å². The average Bonchev–Trinajstić information content (AvgIpc) is 2.61. The fraction of sp³-hybridized carbons (Fsp3) is 0.278. The Morgan fingerprint density at radius 1 is 1.08 bits per heavy atom. The number of rotatable bonds is 4. The fourth-order valence-corrected chi connectivity index (χ4v) is 2.75. The first-order valence-electron chi connectivity index (χ1n) is 7.77. The van der Waals surface area contributed by atoms with E-state index >= 15 is 0 Å². The van der Waals surface area contributed by atoms with Crippen LogP contribution in [0.2, 0.25) is 0 Å². The number of ether oxygens (including phenoxy) is 3. The molecule has 0 fully saturated rings. The minimum atomic E-state index is 0.0408. The molecule has 2 aromatic rings. The van der Waals surface area contributed by atoms with E-state index < -0.39 is 0 Å². The number of methoxy groups -OCH3 is 1. The van der Waals surface area contributed by atoms with Gasteiger partial charge in [-0.15, -0.1) is 0 Å². The lowest BCUT2D eigenvalue weighted by atomic mass is 10.1. The molecule has 24 heavy (non-hydrogen) atoms. The van der Waals surface area contributed by atoms with Crippen molar-refractivity contribution < 1.29 is 14.2 Å². The van der Waals surface area contributed by atoms with Crippen LogP contribution in [0.1, 0.15) is 18.5 Å². The van der Waals surface area contributed by atoms with E-state index in [4.69, 9.17) is 26.4 Å². The first kappa shape index (κ1) is 16.4. The summed E-state index contributed by atoms with van der Waals surface area (Å²) in [4.78, 5) is 0. The number of nitrogens with one attached hydrogen (secondary N) is 2. The monoisotopic (exact) mass is 344 g/mol. The minimum absolute atomic E-state index is 0.0408. The standard InChI is InChI=1S/C18H20N2O3S/c1-12(13-3-8-16-17(11-13)23-10-9-22-16)19-18(24)20-14-4-6-15(21-2)7-5-14/h3-8,11-12H,9-10H2,1-2H3,(H2,19,20,24)/t12-/m0/s1. The quantitative estimate of drug-likeness (QED) is 0.828. The van der Waals surface area contributed by atoms with E-state index in [1.807, 2.05) is 49.4 Å². The van der Waals surface area contributed by atoms with E-state index in [1.54, 1.807) is 7.11 Å². The Kier molecular flexibility index (Phi) is 5.05. The van der Waals surface area contributed by atoms with Crippen molar-refractivity contribution in [3.05, 3.63) is 48.0 Å². The summed E-state index contributed by atoms with van der Waals surface area (Å²) in [6.45, 7) is 3.22. The van der Waals surface area contributed by atoms with E-state index in [0.717, 1.165) is 28.5 Å². The summed E-state index contributed by atoms with van der Waals surface area (Å²) in [6, 6.07) is 13.6. The molecule has 0 amide bonds. The molecule has 0 saturated carbocycles. The second kappa shape index (κ2) is 7.40. The lowest BCUT2D eigenvalue weighted by Crippen LogP contribution is -2.31. The maximum Gasteiger partial charge on any atom is 0.171 e. The van der Waals surface area contributed by atoms with Gasteiger partial charge in [0.15, 0.2) is 16.6 Å². The van der Waals surface area contributed by atoms with Gasteiger partial charge in [0, 0.05) is 5.69 Å². The van der Waals surface area contributed by atoms with Gasteiger partial charge in [0.1, 0.15) is 19.0 Å². The van der Waals surface area contributed by atoms with Crippen LogP contribution >= 0.6 is 12.2 Å². The van der Waals surface area contributed by atoms with Gasteiger partial charge in [-0.3, -0.25) is 0 Å². The van der Waals surface area contributed by atoms with Crippen LogP contribution in [-0.4, -0.2) is 25.4 Å². The summed E-state index contributed by atoms with van der Waals surface area (Å²) in [5, 5.41) is 7.00. The summed E-state index contributed by atoms with van der Waals surface area (Å²) in [5.74, 6) is 2.38. The van der Waals surface area contributed by atoms with Gasteiger partial charge in [-0.25, -0.2) is 0 Å². The molecule has 1 aliphatic rings. The number of hydrogen-bond donors (Lipinski definition) is 2. The van der Waals surface area contributed by atoms with Crippen molar-refractivity contribution in [1.29, 1.82) is 0 Å². The number of fused-ring (bicyclic) bond motifs is 1. The van der Waals surface area contributed by atoms with Crippen molar-refractivity contribution in [2.45, 2.75) is 13.0 Å². The Hall–Kier alpha value is -2.47. The molecule has 2 aromatic carbocycles. The van der Waals surface area contributed by atoms with E-state index in [0.29, 0.717) is 18.3 Å². The van der Waals surface area contributed by atoms with Gasteiger partial charge in [0.25, 0.3) is 0 Å². The van der Waals surface area contributed by atoms with E-state index in [1.165, 1.54) is 0 Å². The van der Waals surface area contributed by atoms with Crippen LogP contribution in [-0.2, 0) is 0 Å².